The second-order valence-electron chi connectivity index (χ2n) is 3.97. The van der Waals surface area contributed by atoms with Gasteiger partial charge in [-0.1, -0.05) is 0 Å². The van der Waals surface area contributed by atoms with Gasteiger partial charge in [-0.05, 0) is 42.5 Å². The zero-order valence-corrected chi connectivity index (χ0v) is 11.1. The summed E-state index contributed by atoms with van der Waals surface area (Å²) in [5, 5.41) is 0.828. The molecule has 0 radical (unpaired) electrons. The van der Waals surface area contributed by atoms with E-state index < -0.39 is 0 Å². The number of halogens is 1. The smallest absolute Gasteiger partial charge is 0.261 e. The summed E-state index contributed by atoms with van der Waals surface area (Å²) >= 11 is 2.21. The predicted molar refractivity (Wildman–Crippen MR) is 70.3 cm³/mol. The fraction of sp³-hybridized carbons (Fsp3) is 0.364. The van der Waals surface area contributed by atoms with Crippen molar-refractivity contribution in [3.63, 3.8) is 0 Å². The van der Waals surface area contributed by atoms with E-state index in [9.17, 15) is 4.79 Å². The first-order valence-electron chi connectivity index (χ1n) is 4.88. The van der Waals surface area contributed by atoms with Crippen LogP contribution in [0, 0.1) is 3.57 Å². The summed E-state index contributed by atoms with van der Waals surface area (Å²) in [6, 6.07) is 2.21. The summed E-state index contributed by atoms with van der Waals surface area (Å²) in [4.78, 5) is 12.1. The minimum absolute atomic E-state index is 0.104. The van der Waals surface area contributed by atoms with Gasteiger partial charge in [-0.15, -0.1) is 0 Å². The number of pyridine rings is 1. The molecule has 2 rings (SSSR count). The van der Waals surface area contributed by atoms with Crippen LogP contribution in [0.5, 0.6) is 0 Å². The van der Waals surface area contributed by atoms with Crippen LogP contribution in [-0.2, 0) is 7.05 Å². The number of hydrogen-bond acceptors (Lipinski definition) is 1. The molecule has 80 valence electrons. The lowest BCUT2D eigenvalue weighted by molar-refractivity contribution is 0.582. The molecule has 2 heterocycles. The van der Waals surface area contributed by atoms with Crippen molar-refractivity contribution in [1.29, 1.82) is 0 Å². The van der Waals surface area contributed by atoms with E-state index in [1.54, 1.807) is 4.57 Å². The Bertz CT molecular complexity index is 566. The predicted octanol–water partition coefficient (Wildman–Crippen LogP) is 2.53. The number of nitrogens with zero attached hydrogens (tertiary/aromatic N) is 2. The molecule has 0 aliphatic rings. The van der Waals surface area contributed by atoms with Crippen molar-refractivity contribution in [3.8, 4) is 0 Å². The van der Waals surface area contributed by atoms with E-state index in [1.807, 2.05) is 43.9 Å². The van der Waals surface area contributed by atoms with E-state index in [2.05, 4.69) is 22.6 Å². The van der Waals surface area contributed by atoms with Crippen LogP contribution in [0.1, 0.15) is 19.9 Å². The molecule has 0 bridgehead atoms. The average molecular weight is 316 g/mol. The Morgan fingerprint density at radius 2 is 2.07 bits per heavy atom. The van der Waals surface area contributed by atoms with E-state index in [0.29, 0.717) is 0 Å². The van der Waals surface area contributed by atoms with Crippen LogP contribution >= 0.6 is 22.6 Å². The zero-order valence-electron chi connectivity index (χ0n) is 8.99. The van der Waals surface area contributed by atoms with Gasteiger partial charge < -0.3 is 9.13 Å². The molecule has 15 heavy (non-hydrogen) atoms. The number of hydrogen-bond donors (Lipinski definition) is 0. The largest absolute Gasteiger partial charge is 0.349 e. The number of aromatic nitrogens is 2. The Labute approximate surface area is 102 Å². The fourth-order valence-electron chi connectivity index (χ4n) is 1.77. The molecule has 0 saturated heterocycles. The summed E-state index contributed by atoms with van der Waals surface area (Å²) in [7, 11) is 1.96. The highest BCUT2D eigenvalue weighted by molar-refractivity contribution is 14.1. The third-order valence-electron chi connectivity index (χ3n) is 2.58. The van der Waals surface area contributed by atoms with Crippen LogP contribution < -0.4 is 5.56 Å². The van der Waals surface area contributed by atoms with Gasteiger partial charge in [-0.3, -0.25) is 4.79 Å². The molecule has 0 fully saturated rings. The Hall–Kier alpha value is -0.780. The molecule has 0 saturated carbocycles. The SMILES string of the molecule is CC(C)n1ccc2c(c(I)cn2C)c1=O. The van der Waals surface area contributed by atoms with Crippen LogP contribution in [0.3, 0.4) is 0 Å². The van der Waals surface area contributed by atoms with Crippen molar-refractivity contribution < 1.29 is 0 Å². The van der Waals surface area contributed by atoms with Gasteiger partial charge in [0.2, 0.25) is 0 Å². The van der Waals surface area contributed by atoms with Crippen LogP contribution in [0.15, 0.2) is 23.3 Å². The summed E-state index contributed by atoms with van der Waals surface area (Å²) in [5.74, 6) is 0. The molecule has 0 aliphatic heterocycles. The molecule has 0 N–H and O–H groups in total. The van der Waals surface area contributed by atoms with Crippen molar-refractivity contribution in [2.45, 2.75) is 19.9 Å². The first kappa shape index (κ1) is 10.7. The summed E-state index contributed by atoms with van der Waals surface area (Å²) in [6.07, 6.45) is 3.85. The summed E-state index contributed by atoms with van der Waals surface area (Å²) in [6.45, 7) is 4.03. The lowest BCUT2D eigenvalue weighted by atomic mass is 10.3. The first-order chi connectivity index (χ1) is 7.02. The van der Waals surface area contributed by atoms with Crippen LogP contribution in [0.25, 0.3) is 10.9 Å². The Balaban J connectivity index is 2.90. The van der Waals surface area contributed by atoms with Gasteiger partial charge in [0, 0.05) is 29.1 Å². The van der Waals surface area contributed by atoms with Crippen molar-refractivity contribution in [3.05, 3.63) is 32.4 Å². The molecule has 0 unspecified atom stereocenters. The standard InChI is InChI=1S/C11H13IN2O/c1-7(2)14-5-4-9-10(11(14)15)8(12)6-13(9)3/h4-7H,1-3H3. The minimum Gasteiger partial charge on any atom is -0.349 e. The van der Waals surface area contributed by atoms with Crippen molar-refractivity contribution in [1.82, 2.24) is 9.13 Å². The maximum Gasteiger partial charge on any atom is 0.261 e. The second-order valence-corrected chi connectivity index (χ2v) is 5.13. The number of aryl methyl sites for hydroxylation is 1. The fourth-order valence-corrected chi connectivity index (χ4v) is 2.69. The molecule has 2 aromatic rings. The minimum atomic E-state index is 0.104. The van der Waals surface area contributed by atoms with Gasteiger partial charge in [-0.2, -0.15) is 0 Å². The normalized spacial score (nSPS) is 11.5. The highest BCUT2D eigenvalue weighted by Gasteiger charge is 2.11. The second kappa shape index (κ2) is 3.66. The van der Waals surface area contributed by atoms with Crippen LogP contribution in [0.4, 0.5) is 0 Å². The van der Waals surface area contributed by atoms with Gasteiger partial charge in [0.1, 0.15) is 0 Å². The first-order valence-corrected chi connectivity index (χ1v) is 5.96. The Morgan fingerprint density at radius 3 is 2.67 bits per heavy atom. The molecule has 0 atom stereocenters. The quantitative estimate of drug-likeness (QED) is 0.743. The molecular formula is C11H13IN2O. The van der Waals surface area contributed by atoms with Gasteiger partial charge in [0.05, 0.1) is 10.9 Å². The van der Waals surface area contributed by atoms with Crippen molar-refractivity contribution in [2.24, 2.45) is 7.05 Å². The molecule has 0 aliphatic carbocycles. The van der Waals surface area contributed by atoms with Gasteiger partial charge in [-0.25, -0.2) is 0 Å². The van der Waals surface area contributed by atoms with Crippen LogP contribution in [-0.4, -0.2) is 9.13 Å². The molecule has 0 aromatic carbocycles. The topological polar surface area (TPSA) is 26.9 Å². The lowest BCUT2D eigenvalue weighted by Gasteiger charge is -2.09. The molecule has 3 nitrogen and oxygen atoms in total. The number of fused-ring (bicyclic) bond motifs is 1. The molecule has 0 amide bonds. The van der Waals surface area contributed by atoms with Gasteiger partial charge >= 0.3 is 0 Å². The average Bonchev–Trinajstić information content (AvgIpc) is 2.43. The lowest BCUT2D eigenvalue weighted by Crippen LogP contribution is -2.21. The Morgan fingerprint density at radius 1 is 1.40 bits per heavy atom. The molecule has 0 spiro atoms. The molecule has 4 heteroatoms. The highest BCUT2D eigenvalue weighted by Crippen LogP contribution is 2.19. The summed E-state index contributed by atoms with van der Waals surface area (Å²) in [5.41, 5.74) is 1.11. The number of rotatable bonds is 1. The van der Waals surface area contributed by atoms with E-state index in [0.717, 1.165) is 14.5 Å². The van der Waals surface area contributed by atoms with E-state index in [4.69, 9.17) is 0 Å². The van der Waals surface area contributed by atoms with E-state index in [-0.39, 0.29) is 11.6 Å². The highest BCUT2D eigenvalue weighted by atomic mass is 127. The van der Waals surface area contributed by atoms with Gasteiger partial charge in [0.25, 0.3) is 5.56 Å². The third kappa shape index (κ3) is 1.60. The molecule has 2 aromatic heterocycles. The monoisotopic (exact) mass is 316 g/mol. The van der Waals surface area contributed by atoms with E-state index in [1.165, 1.54) is 0 Å². The maximum absolute atomic E-state index is 12.1. The zero-order chi connectivity index (χ0) is 11.2. The van der Waals surface area contributed by atoms with Crippen molar-refractivity contribution in [2.75, 3.05) is 0 Å². The van der Waals surface area contributed by atoms with Crippen molar-refractivity contribution >= 4 is 33.5 Å². The molecular weight excluding hydrogens is 303 g/mol. The van der Waals surface area contributed by atoms with E-state index >= 15 is 0 Å². The van der Waals surface area contributed by atoms with Crippen LogP contribution in [0.2, 0.25) is 0 Å². The third-order valence-corrected chi connectivity index (χ3v) is 3.40. The Kier molecular flexibility index (Phi) is 2.62. The summed E-state index contributed by atoms with van der Waals surface area (Å²) < 4.78 is 4.78. The van der Waals surface area contributed by atoms with Gasteiger partial charge in [0.15, 0.2) is 0 Å². The maximum atomic E-state index is 12.1.